The van der Waals surface area contributed by atoms with Crippen LogP contribution in [-0.4, -0.2) is 44.2 Å². The van der Waals surface area contributed by atoms with Crippen molar-refractivity contribution in [3.05, 3.63) is 65.7 Å². The second-order valence-corrected chi connectivity index (χ2v) is 7.00. The first-order chi connectivity index (χ1) is 16.0. The summed E-state index contributed by atoms with van der Waals surface area (Å²) in [4.78, 5) is 30.5. The first-order valence-electron chi connectivity index (χ1n) is 10.0. The number of halogens is 1. The zero-order chi connectivity index (χ0) is 23.4. The van der Waals surface area contributed by atoms with Crippen molar-refractivity contribution in [2.45, 2.75) is 13.5 Å². The van der Waals surface area contributed by atoms with Gasteiger partial charge in [-0.2, -0.15) is 10.1 Å². The number of rotatable bonds is 5. The van der Waals surface area contributed by atoms with Crippen molar-refractivity contribution < 1.29 is 19.1 Å². The maximum absolute atomic E-state index is 14.7. The van der Waals surface area contributed by atoms with Crippen LogP contribution in [0.25, 0.3) is 10.9 Å². The summed E-state index contributed by atoms with van der Waals surface area (Å²) in [5, 5.41) is 20.6. The van der Waals surface area contributed by atoms with E-state index in [-0.39, 0.29) is 24.1 Å². The number of hydrogen-bond acceptors (Lipinski definition) is 7. The van der Waals surface area contributed by atoms with Crippen LogP contribution >= 0.6 is 0 Å². The molecule has 11 heteroatoms. The molecule has 0 bridgehead atoms. The third-order valence-corrected chi connectivity index (χ3v) is 5.10. The summed E-state index contributed by atoms with van der Waals surface area (Å²) < 4.78 is 14.7. The van der Waals surface area contributed by atoms with Crippen molar-refractivity contribution >= 4 is 46.4 Å². The summed E-state index contributed by atoms with van der Waals surface area (Å²) in [5.41, 5.74) is 3.86. The molecule has 0 aliphatic carbocycles. The van der Waals surface area contributed by atoms with Crippen LogP contribution in [0, 0.1) is 5.82 Å². The van der Waals surface area contributed by atoms with E-state index in [9.17, 15) is 9.18 Å². The maximum atomic E-state index is 14.7. The van der Waals surface area contributed by atoms with E-state index in [1.807, 2.05) is 37.3 Å². The molecule has 1 aliphatic heterocycles. The van der Waals surface area contributed by atoms with E-state index in [1.165, 1.54) is 0 Å². The Morgan fingerprint density at radius 2 is 2.09 bits per heavy atom. The van der Waals surface area contributed by atoms with Gasteiger partial charge in [-0.1, -0.05) is 12.1 Å². The zero-order valence-electron chi connectivity index (χ0n) is 17.5. The van der Waals surface area contributed by atoms with Crippen LogP contribution in [0.5, 0.6) is 0 Å². The van der Waals surface area contributed by atoms with Crippen LogP contribution in [0.1, 0.15) is 22.8 Å². The number of aromatic amines is 1. The largest absolute Gasteiger partial charge is 0.483 e. The summed E-state index contributed by atoms with van der Waals surface area (Å²) in [5.74, 6) is -0.249. The molecule has 0 fully saturated rings. The van der Waals surface area contributed by atoms with Gasteiger partial charge < -0.3 is 20.6 Å². The Morgan fingerprint density at radius 3 is 2.88 bits per heavy atom. The molecule has 0 radical (unpaired) electrons. The van der Waals surface area contributed by atoms with Gasteiger partial charge in [-0.05, 0) is 36.8 Å². The highest BCUT2D eigenvalue weighted by atomic mass is 19.1. The van der Waals surface area contributed by atoms with Crippen LogP contribution in [-0.2, 0) is 11.3 Å². The fourth-order valence-electron chi connectivity index (χ4n) is 3.65. The van der Waals surface area contributed by atoms with Crippen LogP contribution in [0.4, 0.5) is 27.5 Å². The molecule has 5 rings (SSSR count). The van der Waals surface area contributed by atoms with E-state index in [0.29, 0.717) is 24.3 Å². The molecule has 168 valence electrons. The number of carboxylic acid groups (broad SMARTS) is 1. The number of benzene rings is 2. The smallest absolute Gasteiger partial charge is 0.290 e. The molecule has 0 saturated heterocycles. The average molecular weight is 449 g/mol. The van der Waals surface area contributed by atoms with Gasteiger partial charge in [0.05, 0.1) is 23.6 Å². The summed E-state index contributed by atoms with van der Waals surface area (Å²) in [6, 6.07) is 11.1. The van der Waals surface area contributed by atoms with Crippen molar-refractivity contribution in [2.75, 3.05) is 16.8 Å². The summed E-state index contributed by atoms with van der Waals surface area (Å²) in [7, 11) is 0. The number of carbonyl (C=O) groups excluding carboxylic acids is 1. The van der Waals surface area contributed by atoms with Crippen LogP contribution < -0.4 is 15.5 Å². The van der Waals surface area contributed by atoms with E-state index >= 15 is 0 Å². The van der Waals surface area contributed by atoms with Crippen LogP contribution in [0.3, 0.4) is 0 Å². The van der Waals surface area contributed by atoms with Crippen molar-refractivity contribution in [3.8, 4) is 0 Å². The second kappa shape index (κ2) is 9.30. The first-order valence-corrected chi connectivity index (χ1v) is 10.0. The molecule has 2 aromatic carbocycles. The second-order valence-electron chi connectivity index (χ2n) is 7.00. The predicted molar refractivity (Wildman–Crippen MR) is 120 cm³/mol. The lowest BCUT2D eigenvalue weighted by molar-refractivity contribution is -0.122. The topological polar surface area (TPSA) is 136 Å². The van der Waals surface area contributed by atoms with Gasteiger partial charge in [0.1, 0.15) is 0 Å². The lowest BCUT2D eigenvalue weighted by Gasteiger charge is -2.23. The lowest BCUT2D eigenvalue weighted by atomic mass is 10.1. The van der Waals surface area contributed by atoms with Gasteiger partial charge in [0.2, 0.25) is 5.95 Å². The van der Waals surface area contributed by atoms with E-state index in [4.69, 9.17) is 9.90 Å². The normalized spacial score (nSPS) is 11.9. The number of amides is 1. The van der Waals surface area contributed by atoms with Crippen molar-refractivity contribution in [2.24, 2.45) is 0 Å². The molecule has 4 aromatic rings. The van der Waals surface area contributed by atoms with E-state index in [1.54, 1.807) is 17.2 Å². The number of fused-ring (bicyclic) bond motifs is 2. The van der Waals surface area contributed by atoms with Crippen LogP contribution in [0.15, 0.2) is 48.8 Å². The number of aromatic nitrogens is 4. The van der Waals surface area contributed by atoms with Gasteiger partial charge >= 0.3 is 0 Å². The van der Waals surface area contributed by atoms with E-state index in [2.05, 4.69) is 30.8 Å². The number of nitrogens with zero attached hydrogens (tertiary/aromatic N) is 4. The Hall–Kier alpha value is -4.54. The first kappa shape index (κ1) is 21.7. The highest BCUT2D eigenvalue weighted by molar-refractivity contribution is 5.99. The fraction of sp³-hybridized carbons (Fsp3) is 0.136. The van der Waals surface area contributed by atoms with E-state index in [0.717, 1.165) is 28.4 Å². The highest BCUT2D eigenvalue weighted by Gasteiger charge is 2.20. The van der Waals surface area contributed by atoms with Gasteiger partial charge in [-0.15, -0.1) is 0 Å². The molecule has 0 atom stereocenters. The predicted octanol–water partition coefficient (Wildman–Crippen LogP) is 3.34. The Bertz CT molecular complexity index is 1320. The zero-order valence-corrected chi connectivity index (χ0v) is 17.5. The monoisotopic (exact) mass is 449 g/mol. The van der Waals surface area contributed by atoms with Gasteiger partial charge in [0, 0.05) is 29.7 Å². The SMILES string of the molecule is CCN(c1nc(Nc2ccc3c(c2)C(=O)NC3)ncc1F)c1cccc2[nH]ncc12.O=CO. The molecule has 0 saturated carbocycles. The van der Waals surface area contributed by atoms with Crippen LogP contribution in [0.2, 0.25) is 0 Å². The molecule has 10 nitrogen and oxygen atoms in total. The molecular formula is C22H20FN7O3. The summed E-state index contributed by atoms with van der Waals surface area (Å²) >= 11 is 0. The molecular weight excluding hydrogens is 429 g/mol. The lowest BCUT2D eigenvalue weighted by Crippen LogP contribution is -2.20. The molecule has 0 unspecified atom stereocenters. The maximum Gasteiger partial charge on any atom is 0.290 e. The van der Waals surface area contributed by atoms with Crippen molar-refractivity contribution in [3.63, 3.8) is 0 Å². The summed E-state index contributed by atoms with van der Waals surface area (Å²) in [6.07, 6.45) is 2.85. The molecule has 1 amide bonds. The standard InChI is InChI=1S/C21H18FN7O.CH2O2/c1-2-29(18-5-3-4-17-15(18)10-25-28-17)19-16(22)11-24-21(27-19)26-13-7-6-12-9-23-20(30)14(12)8-13;2-1-3/h3-8,10-11H,2,9H2,1H3,(H,23,30)(H,25,28)(H,24,26,27);1H,(H,2,3). The number of hydrogen-bond donors (Lipinski definition) is 4. The van der Waals surface area contributed by atoms with Crippen molar-refractivity contribution in [1.82, 2.24) is 25.5 Å². The fourth-order valence-corrected chi connectivity index (χ4v) is 3.65. The van der Waals surface area contributed by atoms with Gasteiger partial charge in [0.15, 0.2) is 11.6 Å². The summed E-state index contributed by atoms with van der Waals surface area (Å²) in [6.45, 7) is 2.69. The Kier molecular flexibility index (Phi) is 6.11. The van der Waals surface area contributed by atoms with Gasteiger partial charge in [-0.3, -0.25) is 14.7 Å². The molecule has 0 spiro atoms. The molecule has 1 aliphatic rings. The Morgan fingerprint density at radius 1 is 1.27 bits per heavy atom. The third kappa shape index (κ3) is 4.28. The minimum atomic E-state index is -0.531. The Balaban J connectivity index is 0.000000821. The van der Waals surface area contributed by atoms with Gasteiger partial charge in [0.25, 0.3) is 12.4 Å². The quantitative estimate of drug-likeness (QED) is 0.341. The number of carbonyl (C=O) groups is 2. The van der Waals surface area contributed by atoms with E-state index < -0.39 is 5.82 Å². The highest BCUT2D eigenvalue weighted by Crippen LogP contribution is 2.32. The molecule has 4 N–H and O–H groups in total. The Labute approximate surface area is 187 Å². The number of H-pyrrole nitrogens is 1. The molecule has 33 heavy (non-hydrogen) atoms. The third-order valence-electron chi connectivity index (χ3n) is 5.10. The van der Waals surface area contributed by atoms with Gasteiger partial charge in [-0.25, -0.2) is 9.37 Å². The molecule has 3 heterocycles. The molecule has 2 aromatic heterocycles. The minimum Gasteiger partial charge on any atom is -0.483 e. The minimum absolute atomic E-state index is 0.111. The van der Waals surface area contributed by atoms with Crippen molar-refractivity contribution in [1.29, 1.82) is 0 Å². The number of nitrogens with one attached hydrogen (secondary N) is 3. The number of anilines is 4. The average Bonchev–Trinajstić information content (AvgIpc) is 3.44.